The molecule has 0 saturated heterocycles. The van der Waals surface area contributed by atoms with E-state index in [1.165, 1.54) is 6.07 Å². The molecule has 1 saturated carbocycles. The number of amides is 1. The van der Waals surface area contributed by atoms with Gasteiger partial charge in [0.2, 0.25) is 5.91 Å². The van der Waals surface area contributed by atoms with Crippen LogP contribution in [0.25, 0.3) is 0 Å². The second-order valence-corrected chi connectivity index (χ2v) is 5.00. The number of allylic oxidation sites excluding steroid dienone is 2. The van der Waals surface area contributed by atoms with Crippen molar-refractivity contribution in [1.29, 1.82) is 0 Å². The molecule has 0 unspecified atom stereocenters. The summed E-state index contributed by atoms with van der Waals surface area (Å²) >= 11 is 0. The average molecular weight is 249 g/mol. The second-order valence-electron chi connectivity index (χ2n) is 5.00. The van der Waals surface area contributed by atoms with E-state index in [1.54, 1.807) is 0 Å². The van der Waals surface area contributed by atoms with Gasteiger partial charge in [0.25, 0.3) is 0 Å². The quantitative estimate of drug-likeness (QED) is 0.802. The minimum Gasteiger partial charge on any atom is -0.326 e. The number of nitrogens with one attached hydrogen (secondary N) is 1. The number of rotatable bonds is 2. The Morgan fingerprint density at radius 1 is 1.17 bits per heavy atom. The van der Waals surface area contributed by atoms with E-state index in [9.17, 15) is 13.6 Å². The number of carbonyl (C=O) groups excluding carboxylic acids is 1. The third-order valence-corrected chi connectivity index (χ3v) is 3.80. The minimum absolute atomic E-state index is 0.0342. The highest BCUT2D eigenvalue weighted by molar-refractivity contribution is 5.93. The van der Waals surface area contributed by atoms with Crippen molar-refractivity contribution in [3.8, 4) is 0 Å². The van der Waals surface area contributed by atoms with Crippen molar-refractivity contribution in [1.82, 2.24) is 0 Å². The Morgan fingerprint density at radius 3 is 2.61 bits per heavy atom. The van der Waals surface area contributed by atoms with Gasteiger partial charge in [-0.05, 0) is 36.8 Å². The molecule has 2 bridgehead atoms. The summed E-state index contributed by atoms with van der Waals surface area (Å²) in [4.78, 5) is 12.0. The van der Waals surface area contributed by atoms with Crippen LogP contribution >= 0.6 is 0 Å². The SMILES string of the molecule is O=C(Nc1ccc(F)c(F)c1)[C@H]1C[C@@H]2C=C[C@H]1C2. The third-order valence-electron chi connectivity index (χ3n) is 3.80. The normalized spacial score (nSPS) is 28.7. The van der Waals surface area contributed by atoms with Gasteiger partial charge in [0.05, 0.1) is 0 Å². The standard InChI is InChI=1S/C14H13F2NO/c15-12-4-3-10(7-13(12)16)17-14(18)11-6-8-1-2-9(11)5-8/h1-4,7-9,11H,5-6H2,(H,17,18)/t8-,9+,11+/m1/s1. The fraction of sp³-hybridized carbons (Fsp3) is 0.357. The average Bonchev–Trinajstić information content (AvgIpc) is 2.96. The van der Waals surface area contributed by atoms with E-state index in [1.807, 2.05) is 0 Å². The lowest BCUT2D eigenvalue weighted by molar-refractivity contribution is -0.120. The van der Waals surface area contributed by atoms with Crippen LogP contribution in [0.5, 0.6) is 0 Å². The number of halogens is 2. The molecule has 1 amide bonds. The van der Waals surface area contributed by atoms with Crippen molar-refractivity contribution < 1.29 is 13.6 Å². The highest BCUT2D eigenvalue weighted by Crippen LogP contribution is 2.43. The number of hydrogen-bond donors (Lipinski definition) is 1. The summed E-state index contributed by atoms with van der Waals surface area (Å²) in [7, 11) is 0. The van der Waals surface area contributed by atoms with E-state index in [4.69, 9.17) is 0 Å². The molecule has 0 radical (unpaired) electrons. The summed E-state index contributed by atoms with van der Waals surface area (Å²) in [5.74, 6) is -1.17. The lowest BCUT2D eigenvalue weighted by Gasteiger charge is -2.17. The molecular weight excluding hydrogens is 236 g/mol. The summed E-state index contributed by atoms with van der Waals surface area (Å²) in [6.45, 7) is 0. The van der Waals surface area contributed by atoms with Crippen molar-refractivity contribution >= 4 is 11.6 Å². The van der Waals surface area contributed by atoms with Crippen molar-refractivity contribution in [2.75, 3.05) is 5.32 Å². The van der Waals surface area contributed by atoms with Gasteiger partial charge in [-0.2, -0.15) is 0 Å². The predicted molar refractivity (Wildman–Crippen MR) is 63.8 cm³/mol. The molecule has 1 aromatic rings. The molecule has 2 aliphatic rings. The topological polar surface area (TPSA) is 29.1 Å². The molecule has 94 valence electrons. The van der Waals surface area contributed by atoms with Crippen molar-refractivity contribution in [3.63, 3.8) is 0 Å². The van der Waals surface area contributed by atoms with Gasteiger partial charge in [-0.1, -0.05) is 12.2 Å². The maximum absolute atomic E-state index is 13.0. The van der Waals surface area contributed by atoms with Crippen LogP contribution in [0.4, 0.5) is 14.5 Å². The van der Waals surface area contributed by atoms with E-state index in [2.05, 4.69) is 17.5 Å². The maximum Gasteiger partial charge on any atom is 0.228 e. The van der Waals surface area contributed by atoms with Crippen molar-refractivity contribution in [2.24, 2.45) is 17.8 Å². The van der Waals surface area contributed by atoms with Gasteiger partial charge in [0.15, 0.2) is 11.6 Å². The van der Waals surface area contributed by atoms with Crippen LogP contribution in [0, 0.1) is 29.4 Å². The zero-order valence-corrected chi connectivity index (χ0v) is 9.70. The summed E-state index contributed by atoms with van der Waals surface area (Å²) in [6, 6.07) is 3.40. The molecule has 0 aromatic heterocycles. The summed E-state index contributed by atoms with van der Waals surface area (Å²) in [6.07, 6.45) is 6.14. The van der Waals surface area contributed by atoms with Gasteiger partial charge in [0, 0.05) is 17.7 Å². The van der Waals surface area contributed by atoms with Crippen LogP contribution in [0.2, 0.25) is 0 Å². The zero-order valence-electron chi connectivity index (χ0n) is 9.70. The Balaban J connectivity index is 1.71. The molecule has 0 spiro atoms. The van der Waals surface area contributed by atoms with Crippen molar-refractivity contribution in [3.05, 3.63) is 42.0 Å². The van der Waals surface area contributed by atoms with Gasteiger partial charge in [-0.15, -0.1) is 0 Å². The first-order valence-electron chi connectivity index (χ1n) is 6.08. The maximum atomic E-state index is 13.0. The predicted octanol–water partition coefficient (Wildman–Crippen LogP) is 3.12. The number of benzene rings is 1. The van der Waals surface area contributed by atoms with E-state index >= 15 is 0 Å². The van der Waals surface area contributed by atoms with Gasteiger partial charge in [0.1, 0.15) is 0 Å². The highest BCUT2D eigenvalue weighted by atomic mass is 19.2. The smallest absolute Gasteiger partial charge is 0.228 e. The fourth-order valence-electron chi connectivity index (χ4n) is 2.89. The Kier molecular flexibility index (Phi) is 2.65. The molecule has 3 rings (SSSR count). The van der Waals surface area contributed by atoms with Gasteiger partial charge in [-0.25, -0.2) is 8.78 Å². The van der Waals surface area contributed by atoms with Crippen LogP contribution in [-0.2, 0) is 4.79 Å². The third kappa shape index (κ3) is 1.92. The van der Waals surface area contributed by atoms with Crippen LogP contribution in [0.15, 0.2) is 30.4 Å². The van der Waals surface area contributed by atoms with E-state index in [-0.39, 0.29) is 11.8 Å². The molecule has 1 N–H and O–H groups in total. The first-order chi connectivity index (χ1) is 8.63. The van der Waals surface area contributed by atoms with E-state index < -0.39 is 11.6 Å². The van der Waals surface area contributed by atoms with Gasteiger partial charge < -0.3 is 5.32 Å². The largest absolute Gasteiger partial charge is 0.326 e. The van der Waals surface area contributed by atoms with Crippen molar-refractivity contribution in [2.45, 2.75) is 12.8 Å². The molecular formula is C14H13F2NO. The summed E-state index contributed by atoms with van der Waals surface area (Å²) in [5.41, 5.74) is 0.311. The number of carbonyl (C=O) groups is 1. The van der Waals surface area contributed by atoms with Crippen LogP contribution in [0.1, 0.15) is 12.8 Å². The van der Waals surface area contributed by atoms with Crippen LogP contribution < -0.4 is 5.32 Å². The lowest BCUT2D eigenvalue weighted by atomic mass is 9.93. The molecule has 0 heterocycles. The number of hydrogen-bond acceptors (Lipinski definition) is 1. The summed E-state index contributed by atoms with van der Waals surface area (Å²) in [5, 5.41) is 2.66. The molecule has 1 aromatic carbocycles. The lowest BCUT2D eigenvalue weighted by Crippen LogP contribution is -2.25. The zero-order chi connectivity index (χ0) is 12.7. The van der Waals surface area contributed by atoms with Crippen LogP contribution in [0.3, 0.4) is 0 Å². The highest BCUT2D eigenvalue weighted by Gasteiger charge is 2.39. The van der Waals surface area contributed by atoms with Gasteiger partial charge >= 0.3 is 0 Å². The van der Waals surface area contributed by atoms with Gasteiger partial charge in [-0.3, -0.25) is 4.79 Å². The molecule has 18 heavy (non-hydrogen) atoms. The molecule has 2 aliphatic carbocycles. The first-order valence-corrected chi connectivity index (χ1v) is 6.08. The first kappa shape index (κ1) is 11.4. The van der Waals surface area contributed by atoms with Crippen LogP contribution in [-0.4, -0.2) is 5.91 Å². The summed E-state index contributed by atoms with van der Waals surface area (Å²) < 4.78 is 25.8. The molecule has 1 fully saturated rings. The number of fused-ring (bicyclic) bond motifs is 2. The Labute approximate surface area is 104 Å². The van der Waals surface area contributed by atoms with E-state index in [0.717, 1.165) is 25.0 Å². The molecule has 4 heteroatoms. The Morgan fingerprint density at radius 2 is 2.00 bits per heavy atom. The Hall–Kier alpha value is -1.71. The monoisotopic (exact) mass is 249 g/mol. The fourth-order valence-corrected chi connectivity index (χ4v) is 2.89. The molecule has 0 aliphatic heterocycles. The number of anilines is 1. The molecule has 2 nitrogen and oxygen atoms in total. The molecule has 3 atom stereocenters. The second kappa shape index (κ2) is 4.19. The minimum atomic E-state index is -0.944. The van der Waals surface area contributed by atoms with E-state index in [0.29, 0.717) is 17.5 Å². The Bertz CT molecular complexity index is 527.